The number of piperazine rings is 1. The second-order valence-electron chi connectivity index (χ2n) is 7.14. The fourth-order valence-electron chi connectivity index (χ4n) is 3.09. The minimum atomic E-state index is 0.0315. The van der Waals surface area contributed by atoms with Crippen molar-refractivity contribution >= 4 is 11.7 Å². The Morgan fingerprint density at radius 3 is 2.42 bits per heavy atom. The first kappa shape index (κ1) is 18.4. The van der Waals surface area contributed by atoms with Crippen LogP contribution >= 0.6 is 0 Å². The molecule has 1 aliphatic heterocycles. The van der Waals surface area contributed by atoms with Crippen molar-refractivity contribution in [1.82, 2.24) is 10.2 Å². The number of hydrogen-bond acceptors (Lipinski definition) is 3. The molecule has 134 valence electrons. The number of carbonyl (C=O) groups is 1. The van der Waals surface area contributed by atoms with Crippen LogP contribution in [0.15, 0.2) is 24.3 Å². The molecule has 1 unspecified atom stereocenters. The van der Waals surface area contributed by atoms with Gasteiger partial charge in [-0.2, -0.15) is 0 Å². The van der Waals surface area contributed by atoms with E-state index in [9.17, 15) is 9.90 Å². The molecule has 0 saturated carbocycles. The third-order valence-electron chi connectivity index (χ3n) is 4.58. The van der Waals surface area contributed by atoms with Gasteiger partial charge < -0.3 is 20.2 Å². The molecule has 2 N–H and O–H groups in total. The van der Waals surface area contributed by atoms with E-state index >= 15 is 0 Å². The summed E-state index contributed by atoms with van der Waals surface area (Å²) in [6, 6.07) is 7.61. The zero-order valence-corrected chi connectivity index (χ0v) is 15.2. The van der Waals surface area contributed by atoms with Gasteiger partial charge in [-0.25, -0.2) is 4.79 Å². The van der Waals surface area contributed by atoms with E-state index in [0.29, 0.717) is 18.8 Å². The van der Waals surface area contributed by atoms with Gasteiger partial charge >= 0.3 is 6.03 Å². The first-order valence-electron chi connectivity index (χ1n) is 9.05. The van der Waals surface area contributed by atoms with Crippen molar-refractivity contribution in [3.8, 4) is 5.75 Å². The standard InChI is InChI=1S/C19H31N3O2/c1-15(2)7-6-8-16(3)20-19(24)22-13-11-21(12-14-22)17-9-4-5-10-18(17)23/h4-5,9-10,15-16,23H,6-8,11-14H2,1-3H3,(H,20,24). The summed E-state index contributed by atoms with van der Waals surface area (Å²) in [5, 5.41) is 13.1. The van der Waals surface area contributed by atoms with Crippen molar-refractivity contribution < 1.29 is 9.90 Å². The third-order valence-corrected chi connectivity index (χ3v) is 4.58. The van der Waals surface area contributed by atoms with Crippen LogP contribution in [0, 0.1) is 5.92 Å². The van der Waals surface area contributed by atoms with Crippen LogP contribution in [0.2, 0.25) is 0 Å². The van der Waals surface area contributed by atoms with Crippen molar-refractivity contribution in [3.05, 3.63) is 24.3 Å². The lowest BCUT2D eigenvalue weighted by Crippen LogP contribution is -2.53. The molecule has 0 bridgehead atoms. The molecule has 24 heavy (non-hydrogen) atoms. The lowest BCUT2D eigenvalue weighted by atomic mass is 10.0. The van der Waals surface area contributed by atoms with Gasteiger partial charge in [-0.15, -0.1) is 0 Å². The van der Waals surface area contributed by atoms with Crippen LogP contribution in [-0.2, 0) is 0 Å². The minimum Gasteiger partial charge on any atom is -0.506 e. The van der Waals surface area contributed by atoms with Crippen LogP contribution in [0.25, 0.3) is 0 Å². The van der Waals surface area contributed by atoms with E-state index in [1.165, 1.54) is 6.42 Å². The van der Waals surface area contributed by atoms with Gasteiger partial charge in [0.2, 0.25) is 0 Å². The molecule has 0 aromatic heterocycles. The van der Waals surface area contributed by atoms with Crippen molar-refractivity contribution in [3.63, 3.8) is 0 Å². The summed E-state index contributed by atoms with van der Waals surface area (Å²) in [6.07, 6.45) is 3.39. The number of rotatable bonds is 6. The zero-order valence-electron chi connectivity index (χ0n) is 15.2. The summed E-state index contributed by atoms with van der Waals surface area (Å²) in [6.45, 7) is 9.38. The van der Waals surface area contributed by atoms with Gasteiger partial charge in [0.15, 0.2) is 0 Å². The maximum atomic E-state index is 12.4. The Morgan fingerprint density at radius 1 is 1.12 bits per heavy atom. The highest BCUT2D eigenvalue weighted by atomic mass is 16.3. The number of urea groups is 1. The highest BCUT2D eigenvalue weighted by Crippen LogP contribution is 2.27. The summed E-state index contributed by atoms with van der Waals surface area (Å²) in [5.41, 5.74) is 0.847. The van der Waals surface area contributed by atoms with Gasteiger partial charge in [-0.3, -0.25) is 0 Å². The smallest absolute Gasteiger partial charge is 0.317 e. The minimum absolute atomic E-state index is 0.0315. The number of nitrogens with one attached hydrogen (secondary N) is 1. The number of benzene rings is 1. The number of phenolic OH excluding ortho intramolecular Hbond substituents is 1. The Kier molecular flexibility index (Phi) is 6.76. The fraction of sp³-hybridized carbons (Fsp3) is 0.632. The molecule has 2 amide bonds. The van der Waals surface area contributed by atoms with Crippen molar-refractivity contribution in [1.29, 1.82) is 0 Å². The number of hydrogen-bond donors (Lipinski definition) is 2. The molecule has 0 radical (unpaired) electrons. The van der Waals surface area contributed by atoms with Crippen LogP contribution in [-0.4, -0.2) is 48.3 Å². The molecule has 1 saturated heterocycles. The van der Waals surface area contributed by atoms with Gasteiger partial charge in [-0.05, 0) is 31.4 Å². The van der Waals surface area contributed by atoms with E-state index in [4.69, 9.17) is 0 Å². The second kappa shape index (κ2) is 8.81. The predicted molar refractivity (Wildman–Crippen MR) is 98.6 cm³/mol. The summed E-state index contributed by atoms with van der Waals surface area (Å²) in [5.74, 6) is 1.02. The van der Waals surface area contributed by atoms with Crippen molar-refractivity contribution in [2.45, 2.75) is 46.1 Å². The number of para-hydroxylation sites is 2. The number of phenols is 1. The Balaban J connectivity index is 1.75. The number of anilines is 1. The first-order valence-corrected chi connectivity index (χ1v) is 9.05. The average Bonchev–Trinajstić information content (AvgIpc) is 2.55. The largest absolute Gasteiger partial charge is 0.506 e. The van der Waals surface area contributed by atoms with Gasteiger partial charge in [0.1, 0.15) is 5.75 Å². The quantitative estimate of drug-likeness (QED) is 0.838. The van der Waals surface area contributed by atoms with Gasteiger partial charge in [0.25, 0.3) is 0 Å². The molecule has 1 fully saturated rings. The van der Waals surface area contributed by atoms with Crippen molar-refractivity contribution in [2.24, 2.45) is 5.92 Å². The van der Waals surface area contributed by atoms with Crippen LogP contribution in [0.4, 0.5) is 10.5 Å². The van der Waals surface area contributed by atoms with Crippen LogP contribution in [0.1, 0.15) is 40.0 Å². The number of aromatic hydroxyl groups is 1. The topological polar surface area (TPSA) is 55.8 Å². The lowest BCUT2D eigenvalue weighted by Gasteiger charge is -2.36. The highest BCUT2D eigenvalue weighted by molar-refractivity contribution is 5.75. The van der Waals surface area contributed by atoms with E-state index < -0.39 is 0 Å². The summed E-state index contributed by atoms with van der Waals surface area (Å²) in [7, 11) is 0. The SMILES string of the molecule is CC(C)CCCC(C)NC(=O)N1CCN(c2ccccc2O)CC1. The van der Waals surface area contributed by atoms with Crippen molar-refractivity contribution in [2.75, 3.05) is 31.1 Å². The monoisotopic (exact) mass is 333 g/mol. The molecule has 1 aromatic rings. The maximum absolute atomic E-state index is 12.4. The Bertz CT molecular complexity index is 525. The molecule has 0 spiro atoms. The normalized spacial score (nSPS) is 16.3. The van der Waals surface area contributed by atoms with Crippen LogP contribution < -0.4 is 10.2 Å². The molecule has 1 atom stereocenters. The average molecular weight is 333 g/mol. The molecule has 1 heterocycles. The van der Waals surface area contributed by atoms with Gasteiger partial charge in [0, 0.05) is 32.2 Å². The van der Waals surface area contributed by atoms with E-state index in [0.717, 1.165) is 37.5 Å². The van der Waals surface area contributed by atoms with E-state index in [1.54, 1.807) is 6.07 Å². The third kappa shape index (κ3) is 5.32. The molecule has 5 heteroatoms. The second-order valence-corrected chi connectivity index (χ2v) is 7.14. The van der Waals surface area contributed by atoms with Crippen LogP contribution in [0.5, 0.6) is 5.75 Å². The summed E-state index contributed by atoms with van der Waals surface area (Å²) in [4.78, 5) is 16.4. The molecule has 1 aromatic carbocycles. The Hall–Kier alpha value is -1.91. The first-order chi connectivity index (χ1) is 11.5. The molecular weight excluding hydrogens is 302 g/mol. The zero-order chi connectivity index (χ0) is 17.5. The van der Waals surface area contributed by atoms with E-state index in [1.807, 2.05) is 23.1 Å². The fourth-order valence-corrected chi connectivity index (χ4v) is 3.09. The Labute approximate surface area is 145 Å². The van der Waals surface area contributed by atoms with Gasteiger partial charge in [-0.1, -0.05) is 38.8 Å². The molecule has 0 aliphatic carbocycles. The highest BCUT2D eigenvalue weighted by Gasteiger charge is 2.23. The van der Waals surface area contributed by atoms with Gasteiger partial charge in [0.05, 0.1) is 5.69 Å². The molecule has 2 rings (SSSR count). The predicted octanol–water partition coefficient (Wildman–Crippen LogP) is 3.44. The number of amides is 2. The number of carbonyl (C=O) groups excluding carboxylic acids is 1. The van der Waals surface area contributed by atoms with E-state index in [2.05, 4.69) is 31.0 Å². The van der Waals surface area contributed by atoms with Crippen LogP contribution in [0.3, 0.4) is 0 Å². The summed E-state index contributed by atoms with van der Waals surface area (Å²) < 4.78 is 0. The summed E-state index contributed by atoms with van der Waals surface area (Å²) >= 11 is 0. The lowest BCUT2D eigenvalue weighted by molar-refractivity contribution is 0.190. The number of nitrogens with zero attached hydrogens (tertiary/aromatic N) is 2. The molecule has 5 nitrogen and oxygen atoms in total. The molecule has 1 aliphatic rings. The Morgan fingerprint density at radius 2 is 1.79 bits per heavy atom. The van der Waals surface area contributed by atoms with E-state index in [-0.39, 0.29) is 12.1 Å². The maximum Gasteiger partial charge on any atom is 0.317 e. The molecular formula is C19H31N3O2.